The lowest BCUT2D eigenvalue weighted by atomic mass is 10.0. The summed E-state index contributed by atoms with van der Waals surface area (Å²) in [6, 6.07) is 3.11. The smallest absolute Gasteiger partial charge is 0.305 e. The van der Waals surface area contributed by atoms with Crippen LogP contribution in [-0.4, -0.2) is 23.1 Å². The van der Waals surface area contributed by atoms with E-state index in [9.17, 15) is 24.4 Å². The Morgan fingerprint density at radius 3 is 2.83 bits per heavy atom. The molecule has 98 valence electrons. The molecule has 0 saturated carbocycles. The normalized spacial score (nSPS) is 11.9. The number of carbonyl (C=O) groups excluding carboxylic acids is 1. The number of methoxy groups -OCH3 is 1. The molecule has 0 heterocycles. The minimum Gasteiger partial charge on any atom is -0.469 e. The predicted molar refractivity (Wildman–Crippen MR) is 59.3 cm³/mol. The van der Waals surface area contributed by atoms with E-state index in [0.29, 0.717) is 0 Å². The van der Waals surface area contributed by atoms with E-state index in [2.05, 4.69) is 4.74 Å². The van der Waals surface area contributed by atoms with Crippen molar-refractivity contribution in [1.82, 2.24) is 0 Å². The van der Waals surface area contributed by atoms with Crippen LogP contribution in [0.15, 0.2) is 18.2 Å². The summed E-state index contributed by atoms with van der Waals surface area (Å²) < 4.78 is 17.5. The average molecular weight is 257 g/mol. The largest absolute Gasteiger partial charge is 0.469 e. The Morgan fingerprint density at radius 2 is 2.28 bits per heavy atom. The summed E-state index contributed by atoms with van der Waals surface area (Å²) in [5, 5.41) is 20.2. The molecule has 1 aromatic carbocycles. The van der Waals surface area contributed by atoms with Crippen molar-refractivity contribution >= 4 is 11.7 Å². The van der Waals surface area contributed by atoms with Crippen molar-refractivity contribution in [2.24, 2.45) is 0 Å². The topological polar surface area (TPSA) is 89.7 Å². The van der Waals surface area contributed by atoms with Crippen molar-refractivity contribution in [2.75, 3.05) is 7.11 Å². The Hall–Kier alpha value is -2.02. The second kappa shape index (κ2) is 6.06. The molecule has 1 N–H and O–H groups in total. The van der Waals surface area contributed by atoms with E-state index in [1.165, 1.54) is 13.2 Å². The van der Waals surface area contributed by atoms with E-state index in [0.717, 1.165) is 12.1 Å². The van der Waals surface area contributed by atoms with Crippen LogP contribution in [0.3, 0.4) is 0 Å². The molecule has 6 nitrogen and oxygen atoms in total. The van der Waals surface area contributed by atoms with Crippen LogP contribution in [0.4, 0.5) is 10.1 Å². The Balaban J connectivity index is 2.80. The first-order valence-electron chi connectivity index (χ1n) is 5.14. The molecule has 7 heteroatoms. The van der Waals surface area contributed by atoms with Crippen molar-refractivity contribution in [2.45, 2.75) is 18.9 Å². The van der Waals surface area contributed by atoms with Crippen molar-refractivity contribution in [3.8, 4) is 0 Å². The first-order valence-corrected chi connectivity index (χ1v) is 5.14. The molecule has 1 rings (SSSR count). The lowest BCUT2D eigenvalue weighted by molar-refractivity contribution is -0.387. The van der Waals surface area contributed by atoms with Crippen LogP contribution in [0, 0.1) is 15.9 Å². The van der Waals surface area contributed by atoms with Gasteiger partial charge in [0.05, 0.1) is 18.1 Å². The first-order chi connectivity index (χ1) is 8.45. The summed E-state index contributed by atoms with van der Waals surface area (Å²) in [6.45, 7) is 0. The van der Waals surface area contributed by atoms with Gasteiger partial charge in [0.2, 0.25) is 5.82 Å². The van der Waals surface area contributed by atoms with E-state index < -0.39 is 28.5 Å². The molecule has 1 atom stereocenters. The van der Waals surface area contributed by atoms with Crippen LogP contribution < -0.4 is 0 Å². The minimum atomic E-state index is -1.08. The fourth-order valence-electron chi connectivity index (χ4n) is 1.40. The Kier molecular flexibility index (Phi) is 4.73. The van der Waals surface area contributed by atoms with Gasteiger partial charge in [-0.2, -0.15) is 4.39 Å². The summed E-state index contributed by atoms with van der Waals surface area (Å²) in [5.41, 5.74) is -0.517. The lowest BCUT2D eigenvalue weighted by Crippen LogP contribution is -2.05. The van der Waals surface area contributed by atoms with Gasteiger partial charge in [-0.1, -0.05) is 6.07 Å². The highest BCUT2D eigenvalue weighted by atomic mass is 19.1. The fourth-order valence-corrected chi connectivity index (χ4v) is 1.40. The number of ether oxygens (including phenoxy) is 1. The third-order valence-electron chi connectivity index (χ3n) is 2.40. The van der Waals surface area contributed by atoms with Crippen LogP contribution in [0.2, 0.25) is 0 Å². The second-order valence-corrected chi connectivity index (χ2v) is 3.60. The van der Waals surface area contributed by atoms with Crippen LogP contribution in [0.25, 0.3) is 0 Å². The maximum Gasteiger partial charge on any atom is 0.305 e. The highest BCUT2D eigenvalue weighted by Gasteiger charge is 2.18. The molecule has 0 spiro atoms. The molecule has 0 aliphatic carbocycles. The number of hydrogen-bond donors (Lipinski definition) is 1. The molecule has 0 aliphatic heterocycles. The van der Waals surface area contributed by atoms with Gasteiger partial charge in [0, 0.05) is 12.5 Å². The monoisotopic (exact) mass is 257 g/mol. The number of benzene rings is 1. The molecule has 0 bridgehead atoms. The quantitative estimate of drug-likeness (QED) is 0.492. The second-order valence-electron chi connectivity index (χ2n) is 3.60. The molecular formula is C11H12FNO5. The van der Waals surface area contributed by atoms with Crippen LogP contribution >= 0.6 is 0 Å². The van der Waals surface area contributed by atoms with Gasteiger partial charge >= 0.3 is 11.7 Å². The van der Waals surface area contributed by atoms with E-state index in [1.54, 1.807) is 0 Å². The zero-order valence-electron chi connectivity index (χ0n) is 9.63. The van der Waals surface area contributed by atoms with Crippen LogP contribution in [0.5, 0.6) is 0 Å². The van der Waals surface area contributed by atoms with Gasteiger partial charge in [-0.3, -0.25) is 14.9 Å². The molecular weight excluding hydrogens is 245 g/mol. The molecule has 1 aromatic rings. The molecule has 0 amide bonds. The summed E-state index contributed by atoms with van der Waals surface area (Å²) in [6.07, 6.45) is -1.05. The van der Waals surface area contributed by atoms with Gasteiger partial charge in [0.15, 0.2) is 0 Å². The minimum absolute atomic E-state index is 0.0250. The number of hydrogen-bond acceptors (Lipinski definition) is 5. The predicted octanol–water partition coefficient (Wildman–Crippen LogP) is 1.72. The lowest BCUT2D eigenvalue weighted by Gasteiger charge is -2.10. The summed E-state index contributed by atoms with van der Waals surface area (Å²) in [7, 11) is 1.22. The molecule has 0 saturated heterocycles. The molecule has 0 fully saturated rings. The van der Waals surface area contributed by atoms with Crippen LogP contribution in [-0.2, 0) is 9.53 Å². The maximum absolute atomic E-state index is 13.1. The Bertz CT molecular complexity index is 463. The molecule has 0 aliphatic rings. The van der Waals surface area contributed by atoms with Gasteiger partial charge in [-0.15, -0.1) is 0 Å². The first kappa shape index (κ1) is 14.0. The fraction of sp³-hybridized carbons (Fsp3) is 0.364. The van der Waals surface area contributed by atoms with E-state index in [-0.39, 0.29) is 18.4 Å². The standard InChI is InChI=1S/C11H12FNO5/c1-18-11(15)5-4-10(14)7-2-3-8(12)9(6-7)13(16)17/h2-3,6,10,14H,4-5H2,1H3. The third kappa shape index (κ3) is 3.49. The molecule has 0 radical (unpaired) electrons. The van der Waals surface area contributed by atoms with E-state index in [4.69, 9.17) is 0 Å². The molecule has 1 unspecified atom stereocenters. The van der Waals surface area contributed by atoms with Gasteiger partial charge in [0.25, 0.3) is 0 Å². The van der Waals surface area contributed by atoms with Crippen molar-refractivity contribution < 1.29 is 24.0 Å². The number of nitro benzene ring substituents is 1. The Morgan fingerprint density at radius 1 is 1.61 bits per heavy atom. The van der Waals surface area contributed by atoms with Gasteiger partial charge in [-0.25, -0.2) is 0 Å². The van der Waals surface area contributed by atoms with Gasteiger partial charge in [0.1, 0.15) is 0 Å². The summed E-state index contributed by atoms with van der Waals surface area (Å²) >= 11 is 0. The van der Waals surface area contributed by atoms with E-state index >= 15 is 0 Å². The van der Waals surface area contributed by atoms with Gasteiger partial charge < -0.3 is 9.84 Å². The highest BCUT2D eigenvalue weighted by Crippen LogP contribution is 2.25. The molecule has 18 heavy (non-hydrogen) atoms. The maximum atomic E-state index is 13.1. The average Bonchev–Trinajstić information content (AvgIpc) is 2.35. The third-order valence-corrected chi connectivity index (χ3v) is 2.40. The molecule has 0 aromatic heterocycles. The van der Waals surface area contributed by atoms with Crippen molar-refractivity contribution in [1.29, 1.82) is 0 Å². The zero-order chi connectivity index (χ0) is 13.7. The number of carbonyl (C=O) groups is 1. The number of halogens is 1. The van der Waals surface area contributed by atoms with Crippen LogP contribution in [0.1, 0.15) is 24.5 Å². The summed E-state index contributed by atoms with van der Waals surface area (Å²) in [5.74, 6) is -1.46. The van der Waals surface area contributed by atoms with E-state index in [1.807, 2.05) is 0 Å². The van der Waals surface area contributed by atoms with Gasteiger partial charge in [-0.05, 0) is 18.1 Å². The number of rotatable bonds is 5. The number of nitro groups is 1. The summed E-state index contributed by atoms with van der Waals surface area (Å²) in [4.78, 5) is 20.5. The highest BCUT2D eigenvalue weighted by molar-refractivity contribution is 5.69. The number of aliphatic hydroxyl groups excluding tert-OH is 1. The SMILES string of the molecule is COC(=O)CCC(O)c1ccc(F)c([N+](=O)[O-])c1. The Labute approximate surface area is 102 Å². The number of esters is 1. The zero-order valence-corrected chi connectivity index (χ0v) is 9.63. The van der Waals surface area contributed by atoms with Crippen molar-refractivity contribution in [3.05, 3.63) is 39.7 Å². The number of aliphatic hydroxyl groups is 1. The number of nitrogens with zero attached hydrogens (tertiary/aromatic N) is 1. The van der Waals surface area contributed by atoms with Crippen molar-refractivity contribution in [3.63, 3.8) is 0 Å².